The molecule has 0 fully saturated rings. The number of aromatic nitrogens is 2. The van der Waals surface area contributed by atoms with Gasteiger partial charge in [0.15, 0.2) is 0 Å². The fourth-order valence-electron chi connectivity index (χ4n) is 1.42. The molecule has 1 aromatic heterocycles. The average molecular weight is 206 g/mol. The molecule has 1 rings (SSSR count). The van der Waals surface area contributed by atoms with Crippen LogP contribution in [0.5, 0.6) is 0 Å². The van der Waals surface area contributed by atoms with Gasteiger partial charge in [-0.3, -0.25) is 10.00 Å². The van der Waals surface area contributed by atoms with Crippen molar-refractivity contribution in [3.63, 3.8) is 0 Å². The molecule has 0 saturated carbocycles. The molecule has 1 N–H and O–H groups in total. The summed E-state index contributed by atoms with van der Waals surface area (Å²) in [6.07, 6.45) is 4.75. The molecule has 1 aromatic rings. The van der Waals surface area contributed by atoms with Crippen molar-refractivity contribution in [1.82, 2.24) is 15.1 Å². The van der Waals surface area contributed by atoms with E-state index >= 15 is 0 Å². The molecule has 1 atom stereocenters. The molecule has 0 aliphatic carbocycles. The fraction of sp³-hybridized carbons (Fsp3) is 0.636. The van der Waals surface area contributed by atoms with Gasteiger partial charge >= 0.3 is 0 Å². The fourth-order valence-corrected chi connectivity index (χ4v) is 1.42. The van der Waals surface area contributed by atoms with E-state index in [4.69, 9.17) is 5.26 Å². The van der Waals surface area contributed by atoms with Gasteiger partial charge in [0, 0.05) is 24.3 Å². The summed E-state index contributed by atoms with van der Waals surface area (Å²) >= 11 is 0. The molecule has 0 aliphatic rings. The van der Waals surface area contributed by atoms with E-state index in [1.165, 1.54) is 0 Å². The summed E-state index contributed by atoms with van der Waals surface area (Å²) in [5, 5.41) is 16.4. The van der Waals surface area contributed by atoms with E-state index in [0.717, 1.165) is 18.5 Å². The summed E-state index contributed by atoms with van der Waals surface area (Å²) in [5.74, 6) is 0. The van der Waals surface area contributed by atoms with E-state index in [1.54, 1.807) is 6.20 Å². The van der Waals surface area contributed by atoms with Crippen LogP contribution in [0.1, 0.15) is 38.8 Å². The Balaban J connectivity index is 2.71. The summed E-state index contributed by atoms with van der Waals surface area (Å²) in [5.41, 5.74) is 0.944. The van der Waals surface area contributed by atoms with E-state index in [-0.39, 0.29) is 6.04 Å². The highest BCUT2D eigenvalue weighted by Gasteiger charge is 2.13. The lowest BCUT2D eigenvalue weighted by molar-refractivity contribution is 0.544. The first-order valence-corrected chi connectivity index (χ1v) is 5.35. The minimum absolute atomic E-state index is 0.254. The van der Waals surface area contributed by atoms with Crippen molar-refractivity contribution in [2.45, 2.75) is 45.8 Å². The number of nitrogens with zero attached hydrogens (tertiary/aromatic N) is 3. The van der Waals surface area contributed by atoms with Crippen molar-refractivity contribution < 1.29 is 0 Å². The minimum atomic E-state index is -0.254. The summed E-state index contributed by atoms with van der Waals surface area (Å²) in [6.45, 7) is 7.07. The van der Waals surface area contributed by atoms with Gasteiger partial charge < -0.3 is 0 Å². The highest BCUT2D eigenvalue weighted by atomic mass is 15.3. The van der Waals surface area contributed by atoms with Crippen LogP contribution in [-0.2, 0) is 6.54 Å². The first kappa shape index (κ1) is 11.7. The zero-order valence-corrected chi connectivity index (χ0v) is 9.57. The van der Waals surface area contributed by atoms with E-state index in [2.05, 4.69) is 23.4 Å². The van der Waals surface area contributed by atoms with Gasteiger partial charge in [-0.05, 0) is 20.3 Å². The van der Waals surface area contributed by atoms with Crippen LogP contribution in [0.4, 0.5) is 0 Å². The molecule has 0 aliphatic heterocycles. The van der Waals surface area contributed by atoms with Crippen molar-refractivity contribution in [3.8, 4) is 6.07 Å². The van der Waals surface area contributed by atoms with Gasteiger partial charge in [-0.2, -0.15) is 10.4 Å². The lowest BCUT2D eigenvalue weighted by Crippen LogP contribution is -2.26. The third-order valence-electron chi connectivity index (χ3n) is 2.07. The number of nitrogens with one attached hydrogen (secondary N) is 1. The van der Waals surface area contributed by atoms with E-state index < -0.39 is 0 Å². The van der Waals surface area contributed by atoms with Crippen LogP contribution in [-0.4, -0.2) is 15.8 Å². The van der Waals surface area contributed by atoms with Crippen molar-refractivity contribution in [1.29, 1.82) is 5.26 Å². The first-order valence-electron chi connectivity index (χ1n) is 5.35. The minimum Gasteiger partial charge on any atom is -0.296 e. The molecule has 82 valence electrons. The second-order valence-corrected chi connectivity index (χ2v) is 3.92. The normalized spacial score (nSPS) is 12.7. The van der Waals surface area contributed by atoms with Crippen molar-refractivity contribution in [3.05, 3.63) is 18.0 Å². The monoisotopic (exact) mass is 206 g/mol. The molecule has 0 saturated heterocycles. The van der Waals surface area contributed by atoms with E-state index in [1.807, 2.05) is 24.7 Å². The molecule has 0 spiro atoms. The van der Waals surface area contributed by atoms with Gasteiger partial charge in [-0.1, -0.05) is 6.92 Å². The summed E-state index contributed by atoms with van der Waals surface area (Å²) in [7, 11) is 0. The molecule has 4 nitrogen and oxygen atoms in total. The smallest absolute Gasteiger partial charge is 0.124 e. The molecule has 1 heterocycles. The number of aryl methyl sites for hydroxylation is 1. The molecule has 1 unspecified atom stereocenters. The SMILES string of the molecule is CCCn1cc(C(C#N)NC(C)C)cn1. The van der Waals surface area contributed by atoms with Gasteiger partial charge in [0.05, 0.1) is 12.3 Å². The molecule has 4 heteroatoms. The van der Waals surface area contributed by atoms with E-state index in [0.29, 0.717) is 6.04 Å². The van der Waals surface area contributed by atoms with Crippen LogP contribution in [0.2, 0.25) is 0 Å². The maximum absolute atomic E-state index is 9.02. The molecular formula is C11H18N4. The van der Waals surface area contributed by atoms with Crippen molar-refractivity contribution in [2.24, 2.45) is 0 Å². The summed E-state index contributed by atoms with van der Waals surface area (Å²) < 4.78 is 1.88. The van der Waals surface area contributed by atoms with E-state index in [9.17, 15) is 0 Å². The molecule has 0 bridgehead atoms. The predicted molar refractivity (Wildman–Crippen MR) is 59.1 cm³/mol. The van der Waals surface area contributed by atoms with Crippen LogP contribution in [0.3, 0.4) is 0 Å². The maximum atomic E-state index is 9.02. The van der Waals surface area contributed by atoms with Crippen LogP contribution < -0.4 is 5.32 Å². The topological polar surface area (TPSA) is 53.6 Å². The van der Waals surface area contributed by atoms with Crippen LogP contribution in [0.25, 0.3) is 0 Å². The second kappa shape index (κ2) is 5.52. The molecular weight excluding hydrogens is 188 g/mol. The zero-order valence-electron chi connectivity index (χ0n) is 9.57. The Kier molecular flexibility index (Phi) is 4.32. The average Bonchev–Trinajstić information content (AvgIpc) is 2.63. The van der Waals surface area contributed by atoms with Gasteiger partial charge in [0.25, 0.3) is 0 Å². The van der Waals surface area contributed by atoms with Gasteiger partial charge in [0.1, 0.15) is 6.04 Å². The largest absolute Gasteiger partial charge is 0.296 e. The Hall–Kier alpha value is -1.34. The molecule has 0 radical (unpaired) electrons. The Bertz CT molecular complexity index is 335. The Morgan fingerprint density at radius 2 is 2.33 bits per heavy atom. The van der Waals surface area contributed by atoms with Crippen LogP contribution in [0.15, 0.2) is 12.4 Å². The summed E-state index contributed by atoms with van der Waals surface area (Å²) in [4.78, 5) is 0. The standard InChI is InChI=1S/C11H18N4/c1-4-5-15-8-10(7-13-15)11(6-12)14-9(2)3/h7-9,11,14H,4-5H2,1-3H3. The third kappa shape index (κ3) is 3.37. The van der Waals surface area contributed by atoms with Crippen LogP contribution in [0, 0.1) is 11.3 Å². The Labute approximate surface area is 90.9 Å². The van der Waals surface area contributed by atoms with Gasteiger partial charge in [0.2, 0.25) is 0 Å². The lowest BCUT2D eigenvalue weighted by Gasteiger charge is -2.12. The van der Waals surface area contributed by atoms with Crippen LogP contribution >= 0.6 is 0 Å². The van der Waals surface area contributed by atoms with Gasteiger partial charge in [-0.25, -0.2) is 0 Å². The third-order valence-corrected chi connectivity index (χ3v) is 2.07. The quantitative estimate of drug-likeness (QED) is 0.800. The van der Waals surface area contributed by atoms with Gasteiger partial charge in [-0.15, -0.1) is 0 Å². The molecule has 0 amide bonds. The number of rotatable bonds is 5. The number of hydrogen-bond acceptors (Lipinski definition) is 3. The number of hydrogen-bond donors (Lipinski definition) is 1. The zero-order chi connectivity index (χ0) is 11.3. The first-order chi connectivity index (χ1) is 7.17. The maximum Gasteiger partial charge on any atom is 0.124 e. The molecule has 15 heavy (non-hydrogen) atoms. The lowest BCUT2D eigenvalue weighted by atomic mass is 10.1. The molecule has 0 aromatic carbocycles. The number of nitriles is 1. The highest BCUT2D eigenvalue weighted by Crippen LogP contribution is 2.11. The predicted octanol–water partition coefficient (Wildman–Crippen LogP) is 1.86. The highest BCUT2D eigenvalue weighted by molar-refractivity contribution is 5.17. The Morgan fingerprint density at radius 1 is 1.60 bits per heavy atom. The van der Waals surface area contributed by atoms with Crippen molar-refractivity contribution in [2.75, 3.05) is 0 Å². The Morgan fingerprint density at radius 3 is 2.87 bits per heavy atom. The second-order valence-electron chi connectivity index (χ2n) is 3.92. The van der Waals surface area contributed by atoms with Crippen molar-refractivity contribution >= 4 is 0 Å². The summed E-state index contributed by atoms with van der Waals surface area (Å²) in [6, 6.07) is 2.28.